The maximum Gasteiger partial charge on any atom is 0.137 e. The number of anilines is 1. The van der Waals surface area contributed by atoms with Crippen molar-refractivity contribution in [1.82, 2.24) is 0 Å². The van der Waals surface area contributed by atoms with Gasteiger partial charge in [-0.3, -0.25) is 0 Å². The lowest BCUT2D eigenvalue weighted by atomic mass is 9.97. The van der Waals surface area contributed by atoms with E-state index in [0.29, 0.717) is 24.5 Å². The molecule has 3 rings (SSSR count). The monoisotopic (exact) mass is 374 g/mol. The van der Waals surface area contributed by atoms with Crippen LogP contribution in [0.4, 0.5) is 5.69 Å². The molecule has 0 fully saturated rings. The molecule has 3 aromatic rings. The Kier molecular flexibility index (Phi) is 6.52. The maximum atomic E-state index is 9.72. The molecule has 3 aromatic carbocycles. The summed E-state index contributed by atoms with van der Waals surface area (Å²) in [7, 11) is 1.63. The first-order valence-electron chi connectivity index (χ1n) is 9.65. The van der Waals surface area contributed by atoms with Crippen molar-refractivity contribution >= 4 is 16.5 Å². The molecule has 0 atom stereocenters. The number of hydrogen-bond donors (Lipinski definition) is 0. The first-order chi connectivity index (χ1) is 13.7. The average Bonchev–Trinajstić information content (AvgIpc) is 2.74. The van der Waals surface area contributed by atoms with Crippen molar-refractivity contribution in [2.24, 2.45) is 0 Å². The number of ether oxygens (including phenoxy) is 2. The Morgan fingerprint density at radius 1 is 0.929 bits per heavy atom. The Labute approximate surface area is 166 Å². The molecule has 0 aromatic heterocycles. The van der Waals surface area contributed by atoms with E-state index >= 15 is 0 Å². The van der Waals surface area contributed by atoms with Crippen LogP contribution in [0.5, 0.6) is 5.75 Å². The van der Waals surface area contributed by atoms with E-state index in [4.69, 9.17) is 9.47 Å². The zero-order valence-corrected chi connectivity index (χ0v) is 16.7. The van der Waals surface area contributed by atoms with Gasteiger partial charge in [0.25, 0.3) is 0 Å². The number of fused-ring (bicyclic) bond motifs is 1. The maximum absolute atomic E-state index is 9.72. The number of nitriles is 1. The number of rotatable bonds is 8. The summed E-state index contributed by atoms with van der Waals surface area (Å²) in [4.78, 5) is 2.34. The normalized spacial score (nSPS) is 10.6. The Bertz CT molecular complexity index is 988. The molecule has 0 aliphatic carbocycles. The average molecular weight is 374 g/mol. The van der Waals surface area contributed by atoms with Crippen LogP contribution in [0.2, 0.25) is 0 Å². The predicted octanol–water partition coefficient (Wildman–Crippen LogP) is 5.25. The van der Waals surface area contributed by atoms with Crippen molar-refractivity contribution in [2.45, 2.75) is 13.8 Å². The van der Waals surface area contributed by atoms with Crippen molar-refractivity contribution in [3.05, 3.63) is 60.2 Å². The molecule has 144 valence electrons. The van der Waals surface area contributed by atoms with E-state index in [2.05, 4.69) is 61.2 Å². The molecular weight excluding hydrogens is 348 g/mol. The van der Waals surface area contributed by atoms with Crippen LogP contribution < -0.4 is 9.64 Å². The van der Waals surface area contributed by atoms with Crippen LogP contribution in [0, 0.1) is 11.3 Å². The van der Waals surface area contributed by atoms with Crippen molar-refractivity contribution in [3.8, 4) is 22.9 Å². The predicted molar refractivity (Wildman–Crippen MR) is 115 cm³/mol. The molecule has 0 saturated carbocycles. The Morgan fingerprint density at radius 3 is 2.39 bits per heavy atom. The highest BCUT2D eigenvalue weighted by Crippen LogP contribution is 2.33. The second-order valence-corrected chi connectivity index (χ2v) is 6.55. The van der Waals surface area contributed by atoms with E-state index in [1.54, 1.807) is 7.11 Å². The smallest absolute Gasteiger partial charge is 0.137 e. The van der Waals surface area contributed by atoms with Gasteiger partial charge in [0, 0.05) is 31.5 Å². The van der Waals surface area contributed by atoms with Crippen molar-refractivity contribution in [2.75, 3.05) is 38.3 Å². The first-order valence-corrected chi connectivity index (χ1v) is 9.65. The quantitative estimate of drug-likeness (QED) is 0.505. The molecular formula is C24H26N2O2. The fourth-order valence-electron chi connectivity index (χ4n) is 3.43. The summed E-state index contributed by atoms with van der Waals surface area (Å²) in [6.07, 6.45) is 0. The molecule has 0 N–H and O–H groups in total. The van der Waals surface area contributed by atoms with Gasteiger partial charge in [0.2, 0.25) is 0 Å². The van der Waals surface area contributed by atoms with Gasteiger partial charge in [-0.05, 0) is 54.4 Å². The van der Waals surface area contributed by atoms with E-state index < -0.39 is 0 Å². The van der Waals surface area contributed by atoms with Crippen molar-refractivity contribution in [1.29, 1.82) is 5.26 Å². The van der Waals surface area contributed by atoms with Crippen LogP contribution in [0.3, 0.4) is 0 Å². The zero-order valence-electron chi connectivity index (χ0n) is 16.7. The molecule has 0 amide bonds. The highest BCUT2D eigenvalue weighted by Gasteiger charge is 2.12. The fourth-order valence-corrected chi connectivity index (χ4v) is 3.43. The summed E-state index contributed by atoms with van der Waals surface area (Å²) in [6, 6.07) is 20.9. The van der Waals surface area contributed by atoms with Gasteiger partial charge in [0.1, 0.15) is 24.0 Å². The minimum Gasteiger partial charge on any atom is -0.490 e. The molecule has 4 heteroatoms. The summed E-state index contributed by atoms with van der Waals surface area (Å²) in [5, 5.41) is 12.1. The van der Waals surface area contributed by atoms with Gasteiger partial charge in [-0.1, -0.05) is 30.3 Å². The van der Waals surface area contributed by atoms with Crippen LogP contribution in [0.1, 0.15) is 19.4 Å². The largest absolute Gasteiger partial charge is 0.490 e. The molecule has 0 bridgehead atoms. The van der Waals surface area contributed by atoms with Crippen LogP contribution in [0.25, 0.3) is 21.9 Å². The minimum atomic E-state index is 0.417. The lowest BCUT2D eigenvalue weighted by Gasteiger charge is -2.21. The zero-order chi connectivity index (χ0) is 19.9. The SMILES string of the molecule is CCN(CC)c1ccc2cc(-c3cccc(OCCOC)c3C#N)ccc2c1. The topological polar surface area (TPSA) is 45.5 Å². The Morgan fingerprint density at radius 2 is 1.68 bits per heavy atom. The highest BCUT2D eigenvalue weighted by molar-refractivity contribution is 5.90. The number of benzene rings is 3. The minimum absolute atomic E-state index is 0.417. The van der Waals surface area contributed by atoms with E-state index in [0.717, 1.165) is 29.6 Å². The number of methoxy groups -OCH3 is 1. The third-order valence-corrected chi connectivity index (χ3v) is 4.95. The van der Waals surface area contributed by atoms with Gasteiger partial charge in [-0.2, -0.15) is 5.26 Å². The molecule has 28 heavy (non-hydrogen) atoms. The van der Waals surface area contributed by atoms with E-state index in [1.165, 1.54) is 11.1 Å². The summed E-state index contributed by atoms with van der Waals surface area (Å²) in [5.74, 6) is 0.592. The summed E-state index contributed by atoms with van der Waals surface area (Å²) >= 11 is 0. The van der Waals surface area contributed by atoms with Crippen LogP contribution in [-0.2, 0) is 4.74 Å². The molecule has 0 unspecified atom stereocenters. The van der Waals surface area contributed by atoms with Gasteiger partial charge in [0.15, 0.2) is 0 Å². The van der Waals surface area contributed by atoms with Gasteiger partial charge in [-0.15, -0.1) is 0 Å². The van der Waals surface area contributed by atoms with Gasteiger partial charge < -0.3 is 14.4 Å². The third-order valence-electron chi connectivity index (χ3n) is 4.95. The molecule has 0 aliphatic heterocycles. The van der Waals surface area contributed by atoms with Gasteiger partial charge in [-0.25, -0.2) is 0 Å². The molecule has 0 heterocycles. The Balaban J connectivity index is 1.99. The van der Waals surface area contributed by atoms with E-state index in [9.17, 15) is 5.26 Å². The van der Waals surface area contributed by atoms with Crippen molar-refractivity contribution in [3.63, 3.8) is 0 Å². The number of nitrogens with zero attached hydrogens (tertiary/aromatic N) is 2. The fraction of sp³-hybridized carbons (Fsp3) is 0.292. The second kappa shape index (κ2) is 9.25. The lowest BCUT2D eigenvalue weighted by molar-refractivity contribution is 0.146. The van der Waals surface area contributed by atoms with Crippen LogP contribution >= 0.6 is 0 Å². The molecule has 0 spiro atoms. The molecule has 0 saturated heterocycles. The third kappa shape index (κ3) is 4.11. The van der Waals surface area contributed by atoms with Gasteiger partial charge >= 0.3 is 0 Å². The summed E-state index contributed by atoms with van der Waals surface area (Å²) in [5.41, 5.74) is 3.68. The van der Waals surface area contributed by atoms with Crippen molar-refractivity contribution < 1.29 is 9.47 Å². The lowest BCUT2D eigenvalue weighted by Crippen LogP contribution is -2.21. The van der Waals surface area contributed by atoms with E-state index in [-0.39, 0.29) is 0 Å². The van der Waals surface area contributed by atoms with Crippen LogP contribution in [-0.4, -0.2) is 33.4 Å². The van der Waals surface area contributed by atoms with Crippen LogP contribution in [0.15, 0.2) is 54.6 Å². The summed E-state index contributed by atoms with van der Waals surface area (Å²) < 4.78 is 10.8. The van der Waals surface area contributed by atoms with Gasteiger partial charge in [0.05, 0.1) is 6.61 Å². The summed E-state index contributed by atoms with van der Waals surface area (Å²) in [6.45, 7) is 7.22. The molecule has 4 nitrogen and oxygen atoms in total. The standard InChI is InChI=1S/C24H26N2O2/c1-4-26(5-2)21-12-11-18-15-20(10-9-19(18)16-21)22-7-6-8-24(23(22)17-25)28-14-13-27-3/h6-12,15-16H,4-5,13-14H2,1-3H3. The highest BCUT2D eigenvalue weighted by atomic mass is 16.5. The first kappa shape index (κ1) is 19.7. The van der Waals surface area contributed by atoms with E-state index in [1.807, 2.05) is 18.2 Å². The number of hydrogen-bond acceptors (Lipinski definition) is 4. The molecule has 0 aliphatic rings. The second-order valence-electron chi connectivity index (χ2n) is 6.55. The molecule has 0 radical (unpaired) electrons. The Hall–Kier alpha value is -3.03.